The van der Waals surface area contributed by atoms with Gasteiger partial charge in [0.25, 0.3) is 5.91 Å². The molecule has 2 aromatic heterocycles. The smallest absolute Gasteiger partial charge is 0.263 e. The largest absolute Gasteiger partial charge is 0.491 e. The van der Waals surface area contributed by atoms with Crippen molar-refractivity contribution in [3.63, 3.8) is 0 Å². The number of H-pyrrole nitrogens is 1. The summed E-state index contributed by atoms with van der Waals surface area (Å²) in [6.45, 7) is 0. The van der Waals surface area contributed by atoms with E-state index < -0.39 is 23.0 Å². The lowest BCUT2D eigenvalue weighted by Gasteiger charge is -2.16. The molecular weight excluding hydrogens is 394 g/mol. The van der Waals surface area contributed by atoms with Crippen LogP contribution in [0.4, 0.5) is 14.7 Å². The zero-order valence-corrected chi connectivity index (χ0v) is 15.8. The molecule has 1 aliphatic rings. The van der Waals surface area contributed by atoms with Crippen molar-refractivity contribution < 1.29 is 18.3 Å². The van der Waals surface area contributed by atoms with Crippen molar-refractivity contribution in [3.05, 3.63) is 63.9 Å². The molecule has 1 amide bonds. The summed E-state index contributed by atoms with van der Waals surface area (Å²) in [5.41, 5.74) is 0.618. The second kappa shape index (κ2) is 6.65. The van der Waals surface area contributed by atoms with Gasteiger partial charge in [0.05, 0.1) is 29.0 Å². The number of aromatic nitrogens is 3. The van der Waals surface area contributed by atoms with Crippen LogP contribution in [0.15, 0.2) is 41.3 Å². The first-order chi connectivity index (χ1) is 14.5. The number of nitrogens with zero attached hydrogens (tertiary/aromatic N) is 2. The molecule has 152 valence electrons. The summed E-state index contributed by atoms with van der Waals surface area (Å²) in [7, 11) is 1.21. The van der Waals surface area contributed by atoms with Gasteiger partial charge in [-0.3, -0.25) is 14.9 Å². The Labute approximate surface area is 168 Å². The van der Waals surface area contributed by atoms with Crippen LogP contribution < -0.4 is 15.5 Å². The van der Waals surface area contributed by atoms with E-state index in [4.69, 9.17) is 4.74 Å². The van der Waals surface area contributed by atoms with E-state index in [0.717, 1.165) is 24.4 Å². The number of hydrogen-bond acceptors (Lipinski definition) is 4. The number of anilines is 1. The summed E-state index contributed by atoms with van der Waals surface area (Å²) < 4.78 is 35.0. The van der Waals surface area contributed by atoms with Gasteiger partial charge in [0.15, 0.2) is 11.6 Å². The fourth-order valence-electron chi connectivity index (χ4n) is 3.61. The first-order valence-corrected chi connectivity index (χ1v) is 9.35. The lowest BCUT2D eigenvalue weighted by molar-refractivity contribution is 0.102. The van der Waals surface area contributed by atoms with Gasteiger partial charge in [-0.1, -0.05) is 12.1 Å². The summed E-state index contributed by atoms with van der Waals surface area (Å²) in [5.74, 6) is -3.24. The van der Waals surface area contributed by atoms with Crippen LogP contribution in [0.3, 0.4) is 0 Å². The van der Waals surface area contributed by atoms with Gasteiger partial charge in [0, 0.05) is 12.2 Å². The highest BCUT2D eigenvalue weighted by Gasteiger charge is 2.30. The minimum absolute atomic E-state index is 0.0235. The number of methoxy groups -OCH3 is 1. The molecule has 5 rings (SSSR count). The molecule has 30 heavy (non-hydrogen) atoms. The van der Waals surface area contributed by atoms with Gasteiger partial charge in [0.1, 0.15) is 5.56 Å². The number of halogens is 2. The highest BCUT2D eigenvalue weighted by Crippen LogP contribution is 2.40. The minimum atomic E-state index is -1.21. The monoisotopic (exact) mass is 410 g/mol. The zero-order chi connectivity index (χ0) is 21.0. The Morgan fingerprint density at radius 3 is 2.77 bits per heavy atom. The van der Waals surface area contributed by atoms with E-state index in [1.165, 1.54) is 13.3 Å². The summed E-state index contributed by atoms with van der Waals surface area (Å²) in [6, 6.07) is 8.01. The van der Waals surface area contributed by atoms with Crippen LogP contribution >= 0.6 is 0 Å². The average Bonchev–Trinajstić information content (AvgIpc) is 3.49. The van der Waals surface area contributed by atoms with Crippen LogP contribution in [0.25, 0.3) is 21.9 Å². The summed E-state index contributed by atoms with van der Waals surface area (Å²) in [6.07, 6.45) is 2.97. The Morgan fingerprint density at radius 2 is 2.07 bits per heavy atom. The number of pyridine rings is 1. The van der Waals surface area contributed by atoms with E-state index >= 15 is 0 Å². The topological polar surface area (TPSA) is 89.0 Å². The van der Waals surface area contributed by atoms with Gasteiger partial charge in [-0.15, -0.1) is 0 Å². The molecule has 1 aliphatic carbocycles. The lowest BCUT2D eigenvalue weighted by atomic mass is 10.1. The number of ether oxygens (including phenoxy) is 1. The van der Waals surface area contributed by atoms with Gasteiger partial charge < -0.3 is 14.3 Å². The van der Waals surface area contributed by atoms with E-state index in [-0.39, 0.29) is 34.2 Å². The molecule has 0 saturated heterocycles. The lowest BCUT2D eigenvalue weighted by Crippen LogP contribution is -2.24. The third kappa shape index (κ3) is 2.81. The first-order valence-electron chi connectivity index (χ1n) is 9.35. The molecule has 0 aliphatic heterocycles. The van der Waals surface area contributed by atoms with Crippen molar-refractivity contribution in [1.82, 2.24) is 14.5 Å². The van der Waals surface area contributed by atoms with Crippen LogP contribution in [0, 0.1) is 11.6 Å². The fourth-order valence-corrected chi connectivity index (χ4v) is 3.61. The molecule has 0 unspecified atom stereocenters. The molecule has 0 spiro atoms. The Kier molecular flexibility index (Phi) is 4.05. The van der Waals surface area contributed by atoms with E-state index in [1.807, 2.05) is 12.1 Å². The van der Waals surface area contributed by atoms with Crippen molar-refractivity contribution in [2.75, 3.05) is 12.4 Å². The molecular formula is C21H16F2N4O3. The van der Waals surface area contributed by atoms with E-state index in [1.54, 1.807) is 16.7 Å². The number of para-hydroxylation sites is 2. The predicted octanol–water partition coefficient (Wildman–Crippen LogP) is 3.75. The molecule has 1 fully saturated rings. The molecule has 2 aromatic carbocycles. The van der Waals surface area contributed by atoms with Crippen molar-refractivity contribution in [2.24, 2.45) is 0 Å². The van der Waals surface area contributed by atoms with E-state index in [2.05, 4.69) is 15.3 Å². The molecule has 0 atom stereocenters. The van der Waals surface area contributed by atoms with Crippen LogP contribution in [-0.4, -0.2) is 27.6 Å². The normalized spacial score (nSPS) is 13.7. The third-order valence-corrected chi connectivity index (χ3v) is 5.18. The van der Waals surface area contributed by atoms with Crippen LogP contribution in [-0.2, 0) is 0 Å². The highest BCUT2D eigenvalue weighted by molar-refractivity contribution is 6.06. The fraction of sp³-hybridized carbons (Fsp3) is 0.190. The Balaban J connectivity index is 1.65. The van der Waals surface area contributed by atoms with Crippen molar-refractivity contribution in [3.8, 4) is 5.75 Å². The number of carbonyl (C=O) groups excluding carboxylic acids is 1. The summed E-state index contributed by atoms with van der Waals surface area (Å²) in [4.78, 5) is 33.1. The number of amides is 1. The Hall–Kier alpha value is -3.75. The van der Waals surface area contributed by atoms with Gasteiger partial charge in [0.2, 0.25) is 17.2 Å². The number of carbonyl (C=O) groups is 1. The SMILES string of the molecule is COc1c(F)c(F)cc2c(=O)c(C(=O)Nc3nc4ccccc4[nH]3)cn(C3CC3)c12. The van der Waals surface area contributed by atoms with Gasteiger partial charge in [-0.05, 0) is 31.0 Å². The summed E-state index contributed by atoms with van der Waals surface area (Å²) in [5, 5.41) is 2.46. The Morgan fingerprint density at radius 1 is 1.30 bits per heavy atom. The number of benzene rings is 2. The predicted molar refractivity (Wildman–Crippen MR) is 107 cm³/mol. The quantitative estimate of drug-likeness (QED) is 0.536. The number of hydrogen-bond donors (Lipinski definition) is 2. The van der Waals surface area contributed by atoms with Crippen LogP contribution in [0.1, 0.15) is 29.2 Å². The van der Waals surface area contributed by atoms with Gasteiger partial charge in [-0.25, -0.2) is 9.37 Å². The Bertz CT molecular complexity index is 1360. The van der Waals surface area contributed by atoms with Crippen molar-refractivity contribution in [1.29, 1.82) is 0 Å². The molecule has 2 heterocycles. The van der Waals surface area contributed by atoms with E-state index in [0.29, 0.717) is 5.52 Å². The molecule has 0 bridgehead atoms. The molecule has 7 nitrogen and oxygen atoms in total. The minimum Gasteiger partial charge on any atom is -0.491 e. The number of rotatable bonds is 4. The standard InChI is InChI=1S/C21H16F2N4O3/c1-30-19-16(23)13(22)8-11-17(19)27(10-6-7-10)9-12(18(11)28)20(29)26-21-24-14-4-2-3-5-15(14)25-21/h2-5,8-10H,6-7H2,1H3,(H2,24,25,26,29). The van der Waals surface area contributed by atoms with Crippen molar-refractivity contribution in [2.45, 2.75) is 18.9 Å². The molecule has 2 N–H and O–H groups in total. The second-order valence-corrected chi connectivity index (χ2v) is 7.17. The third-order valence-electron chi connectivity index (χ3n) is 5.18. The molecule has 9 heteroatoms. The highest BCUT2D eigenvalue weighted by atomic mass is 19.2. The van der Waals surface area contributed by atoms with Gasteiger partial charge >= 0.3 is 0 Å². The van der Waals surface area contributed by atoms with E-state index in [9.17, 15) is 18.4 Å². The first kappa shape index (κ1) is 18.3. The zero-order valence-electron chi connectivity index (χ0n) is 15.8. The molecule has 0 radical (unpaired) electrons. The van der Waals surface area contributed by atoms with Gasteiger partial charge in [-0.2, -0.15) is 4.39 Å². The summed E-state index contributed by atoms with van der Waals surface area (Å²) >= 11 is 0. The van der Waals surface area contributed by atoms with Crippen molar-refractivity contribution >= 4 is 33.8 Å². The number of imidazole rings is 1. The maximum Gasteiger partial charge on any atom is 0.263 e. The molecule has 1 saturated carbocycles. The van der Waals surface area contributed by atoms with Crippen LogP contribution in [0.5, 0.6) is 5.75 Å². The maximum atomic E-state index is 14.3. The number of nitrogens with one attached hydrogen (secondary N) is 2. The average molecular weight is 410 g/mol. The number of aromatic amines is 1. The second-order valence-electron chi connectivity index (χ2n) is 7.17. The molecule has 4 aromatic rings. The number of fused-ring (bicyclic) bond motifs is 2. The van der Waals surface area contributed by atoms with Crippen LogP contribution in [0.2, 0.25) is 0 Å². The maximum absolute atomic E-state index is 14.3.